The molecule has 0 radical (unpaired) electrons. The molecule has 0 atom stereocenters. The van der Waals surface area contributed by atoms with Gasteiger partial charge in [0, 0.05) is 23.4 Å². The molecular weight excluding hydrogens is 190 g/mol. The number of hydrogen-bond donors (Lipinski definition) is 1. The van der Waals surface area contributed by atoms with Crippen molar-refractivity contribution in [2.45, 2.75) is 13.0 Å². The SMILES string of the molecule is [N-]=[N+]=NCCC#Cc1cccc(CO)c1. The monoisotopic (exact) mass is 201 g/mol. The number of azide groups is 1. The van der Waals surface area contributed by atoms with Crippen molar-refractivity contribution in [3.8, 4) is 11.8 Å². The Morgan fingerprint density at radius 1 is 1.47 bits per heavy atom. The normalized spacial score (nSPS) is 8.60. The Morgan fingerprint density at radius 3 is 3.07 bits per heavy atom. The number of aliphatic hydroxyl groups excluding tert-OH is 1. The van der Waals surface area contributed by atoms with Crippen molar-refractivity contribution in [1.82, 2.24) is 0 Å². The van der Waals surface area contributed by atoms with Crippen LogP contribution in [0, 0.1) is 11.8 Å². The molecule has 0 unspecified atom stereocenters. The quantitative estimate of drug-likeness (QED) is 0.263. The van der Waals surface area contributed by atoms with Crippen LogP contribution in [0.1, 0.15) is 17.5 Å². The van der Waals surface area contributed by atoms with E-state index in [0.29, 0.717) is 13.0 Å². The second-order valence-electron chi connectivity index (χ2n) is 2.86. The fourth-order valence-electron chi connectivity index (χ4n) is 1.06. The Hall–Kier alpha value is -1.95. The number of hydrogen-bond acceptors (Lipinski definition) is 2. The summed E-state index contributed by atoms with van der Waals surface area (Å²) in [5.74, 6) is 5.83. The summed E-state index contributed by atoms with van der Waals surface area (Å²) in [6.45, 7) is 0.414. The molecule has 0 fully saturated rings. The van der Waals surface area contributed by atoms with Gasteiger partial charge in [0.15, 0.2) is 0 Å². The van der Waals surface area contributed by atoms with Crippen molar-refractivity contribution in [2.75, 3.05) is 6.54 Å². The van der Waals surface area contributed by atoms with Gasteiger partial charge < -0.3 is 5.11 Å². The van der Waals surface area contributed by atoms with Gasteiger partial charge in [-0.2, -0.15) is 0 Å². The van der Waals surface area contributed by atoms with E-state index in [1.54, 1.807) is 0 Å². The highest BCUT2D eigenvalue weighted by molar-refractivity contribution is 5.36. The van der Waals surface area contributed by atoms with Gasteiger partial charge >= 0.3 is 0 Å². The minimum Gasteiger partial charge on any atom is -0.392 e. The molecule has 0 heterocycles. The highest BCUT2D eigenvalue weighted by atomic mass is 16.3. The molecule has 1 rings (SSSR count). The van der Waals surface area contributed by atoms with Gasteiger partial charge in [-0.25, -0.2) is 0 Å². The maximum atomic E-state index is 8.90. The molecule has 0 saturated carbocycles. The van der Waals surface area contributed by atoms with Gasteiger partial charge in [-0.05, 0) is 23.2 Å². The summed E-state index contributed by atoms with van der Waals surface area (Å²) >= 11 is 0. The largest absolute Gasteiger partial charge is 0.392 e. The predicted octanol–water partition coefficient (Wildman–Crippen LogP) is 2.23. The lowest BCUT2D eigenvalue weighted by atomic mass is 10.1. The van der Waals surface area contributed by atoms with Gasteiger partial charge in [0.05, 0.1) is 6.61 Å². The molecule has 0 bridgehead atoms. The van der Waals surface area contributed by atoms with Crippen LogP contribution in [0.5, 0.6) is 0 Å². The molecule has 4 nitrogen and oxygen atoms in total. The molecule has 76 valence electrons. The van der Waals surface area contributed by atoms with Gasteiger partial charge in [-0.3, -0.25) is 0 Å². The Balaban J connectivity index is 2.58. The van der Waals surface area contributed by atoms with E-state index in [0.717, 1.165) is 11.1 Å². The molecule has 1 aromatic rings. The van der Waals surface area contributed by atoms with E-state index in [4.69, 9.17) is 10.6 Å². The van der Waals surface area contributed by atoms with Gasteiger partial charge in [0.1, 0.15) is 0 Å². The van der Waals surface area contributed by atoms with Crippen LogP contribution in [-0.4, -0.2) is 11.7 Å². The van der Waals surface area contributed by atoms with Crippen molar-refractivity contribution in [2.24, 2.45) is 5.11 Å². The molecule has 1 N–H and O–H groups in total. The fraction of sp³-hybridized carbons (Fsp3) is 0.273. The Kier molecular flexibility index (Phi) is 4.82. The van der Waals surface area contributed by atoms with Crippen LogP contribution < -0.4 is 0 Å². The van der Waals surface area contributed by atoms with E-state index < -0.39 is 0 Å². The van der Waals surface area contributed by atoms with E-state index in [2.05, 4.69) is 21.9 Å². The molecule has 0 saturated heterocycles. The minimum absolute atomic E-state index is 0.0221. The van der Waals surface area contributed by atoms with Crippen molar-refractivity contribution in [1.29, 1.82) is 0 Å². The Morgan fingerprint density at radius 2 is 2.33 bits per heavy atom. The lowest BCUT2D eigenvalue weighted by Gasteiger charge is -1.95. The third-order valence-corrected chi connectivity index (χ3v) is 1.74. The fourth-order valence-corrected chi connectivity index (χ4v) is 1.06. The van der Waals surface area contributed by atoms with Crippen molar-refractivity contribution in [3.05, 3.63) is 45.8 Å². The molecular formula is C11H11N3O. The number of benzene rings is 1. The third kappa shape index (κ3) is 4.19. The summed E-state index contributed by atoms with van der Waals surface area (Å²) in [5, 5.41) is 12.3. The first-order chi connectivity index (χ1) is 7.36. The minimum atomic E-state index is 0.0221. The Bertz CT molecular complexity index is 425. The predicted molar refractivity (Wildman–Crippen MR) is 57.9 cm³/mol. The summed E-state index contributed by atoms with van der Waals surface area (Å²) in [6.07, 6.45) is 0.549. The van der Waals surface area contributed by atoms with Crippen molar-refractivity contribution in [3.63, 3.8) is 0 Å². The number of aliphatic hydroxyl groups is 1. The maximum Gasteiger partial charge on any atom is 0.0682 e. The van der Waals surface area contributed by atoms with Crippen LogP contribution in [0.2, 0.25) is 0 Å². The highest BCUT2D eigenvalue weighted by Gasteiger charge is 1.90. The van der Waals surface area contributed by atoms with Crippen LogP contribution in [0.25, 0.3) is 10.4 Å². The zero-order chi connectivity index (χ0) is 10.9. The molecule has 0 aliphatic heterocycles. The molecule has 0 amide bonds. The van der Waals surface area contributed by atoms with Crippen molar-refractivity contribution < 1.29 is 5.11 Å². The molecule has 0 spiro atoms. The molecule has 0 aliphatic rings. The summed E-state index contributed by atoms with van der Waals surface area (Å²) < 4.78 is 0. The van der Waals surface area contributed by atoms with E-state index in [-0.39, 0.29) is 6.61 Å². The first kappa shape index (κ1) is 11.1. The zero-order valence-corrected chi connectivity index (χ0v) is 8.22. The first-order valence-electron chi connectivity index (χ1n) is 4.56. The summed E-state index contributed by atoms with van der Waals surface area (Å²) in [7, 11) is 0. The van der Waals surface area contributed by atoms with Gasteiger partial charge in [0.2, 0.25) is 0 Å². The average molecular weight is 201 g/mol. The van der Waals surface area contributed by atoms with Crippen LogP contribution in [-0.2, 0) is 6.61 Å². The van der Waals surface area contributed by atoms with E-state index in [1.807, 2.05) is 24.3 Å². The van der Waals surface area contributed by atoms with E-state index in [1.165, 1.54) is 0 Å². The van der Waals surface area contributed by atoms with Gasteiger partial charge in [-0.15, -0.1) is 0 Å². The van der Waals surface area contributed by atoms with Gasteiger partial charge in [0.25, 0.3) is 0 Å². The second-order valence-corrected chi connectivity index (χ2v) is 2.86. The number of rotatable bonds is 3. The van der Waals surface area contributed by atoms with Crippen LogP contribution in [0.4, 0.5) is 0 Å². The topological polar surface area (TPSA) is 69.0 Å². The maximum absolute atomic E-state index is 8.90. The highest BCUT2D eigenvalue weighted by Crippen LogP contribution is 2.03. The molecule has 4 heteroatoms. The van der Waals surface area contributed by atoms with E-state index >= 15 is 0 Å². The smallest absolute Gasteiger partial charge is 0.0682 e. The van der Waals surface area contributed by atoms with E-state index in [9.17, 15) is 0 Å². The molecule has 15 heavy (non-hydrogen) atoms. The second kappa shape index (κ2) is 6.50. The average Bonchev–Trinajstić information content (AvgIpc) is 2.29. The number of nitrogens with zero attached hydrogens (tertiary/aromatic N) is 3. The first-order valence-corrected chi connectivity index (χ1v) is 4.56. The van der Waals surface area contributed by atoms with Gasteiger partial charge in [-0.1, -0.05) is 29.1 Å². The van der Waals surface area contributed by atoms with Crippen molar-refractivity contribution >= 4 is 0 Å². The Labute approximate surface area is 88.2 Å². The van der Waals surface area contributed by atoms with Crippen LogP contribution >= 0.6 is 0 Å². The molecule has 0 aromatic heterocycles. The summed E-state index contributed by atoms with van der Waals surface area (Å²) in [5.41, 5.74) is 9.74. The summed E-state index contributed by atoms with van der Waals surface area (Å²) in [6, 6.07) is 7.40. The lowest BCUT2D eigenvalue weighted by Crippen LogP contribution is -1.83. The zero-order valence-electron chi connectivity index (χ0n) is 8.22. The molecule has 1 aromatic carbocycles. The lowest BCUT2D eigenvalue weighted by molar-refractivity contribution is 0.282. The van der Waals surface area contributed by atoms with Crippen LogP contribution in [0.15, 0.2) is 29.4 Å². The standard InChI is InChI=1S/C11H11N3O/c12-14-13-7-2-1-4-10-5-3-6-11(8-10)9-15/h3,5-6,8,15H,2,7,9H2. The van der Waals surface area contributed by atoms with Crippen LogP contribution in [0.3, 0.4) is 0 Å². The molecule has 0 aliphatic carbocycles. The third-order valence-electron chi connectivity index (χ3n) is 1.74. The summed E-state index contributed by atoms with van der Waals surface area (Å²) in [4.78, 5) is 2.63.